The molecule has 0 fully saturated rings. The SMILES string of the molecule is O=P(O)(O)C(F)(F)c1ccc(CC(O)CCO)cc1. The molecule has 1 aromatic rings. The van der Waals surface area contributed by atoms with Crippen molar-refractivity contribution in [1.82, 2.24) is 0 Å². The lowest BCUT2D eigenvalue weighted by molar-refractivity contribution is 0.0564. The van der Waals surface area contributed by atoms with Crippen LogP contribution in [0.3, 0.4) is 0 Å². The van der Waals surface area contributed by atoms with Crippen molar-refractivity contribution >= 4 is 7.60 Å². The summed E-state index contributed by atoms with van der Waals surface area (Å²) in [6, 6.07) is 4.36. The van der Waals surface area contributed by atoms with Crippen LogP contribution < -0.4 is 0 Å². The number of benzene rings is 1. The summed E-state index contributed by atoms with van der Waals surface area (Å²) in [7, 11) is -5.56. The number of alkyl halides is 2. The molecule has 0 radical (unpaired) electrons. The van der Waals surface area contributed by atoms with Gasteiger partial charge >= 0.3 is 13.3 Å². The maximum Gasteiger partial charge on any atom is 0.399 e. The van der Waals surface area contributed by atoms with Crippen LogP contribution in [0.1, 0.15) is 17.5 Å². The minimum absolute atomic E-state index is 0.167. The van der Waals surface area contributed by atoms with E-state index >= 15 is 0 Å². The zero-order valence-corrected chi connectivity index (χ0v) is 10.8. The summed E-state index contributed by atoms with van der Waals surface area (Å²) in [5.74, 6) is 0. The summed E-state index contributed by atoms with van der Waals surface area (Å²) in [5.41, 5.74) is -4.47. The van der Waals surface area contributed by atoms with Crippen molar-refractivity contribution in [2.24, 2.45) is 0 Å². The molecule has 0 bridgehead atoms. The second kappa shape index (κ2) is 6.07. The normalized spacial score (nSPS) is 14.4. The third kappa shape index (κ3) is 4.06. The molecule has 0 aromatic heterocycles. The molecule has 8 heteroatoms. The zero-order valence-electron chi connectivity index (χ0n) is 9.91. The second-order valence-corrected chi connectivity index (χ2v) is 5.80. The van der Waals surface area contributed by atoms with Gasteiger partial charge in [0.05, 0.1) is 6.10 Å². The Kier molecular flexibility index (Phi) is 5.18. The van der Waals surface area contributed by atoms with E-state index in [2.05, 4.69) is 0 Å². The van der Waals surface area contributed by atoms with Gasteiger partial charge in [-0.05, 0) is 18.4 Å². The van der Waals surface area contributed by atoms with Crippen molar-refractivity contribution in [1.29, 1.82) is 0 Å². The first-order valence-electron chi connectivity index (χ1n) is 5.50. The maximum absolute atomic E-state index is 13.3. The van der Waals surface area contributed by atoms with Crippen LogP contribution in [0, 0.1) is 0 Å². The Hall–Kier alpha value is -0.850. The monoisotopic (exact) mass is 296 g/mol. The van der Waals surface area contributed by atoms with E-state index in [4.69, 9.17) is 14.9 Å². The lowest BCUT2D eigenvalue weighted by Gasteiger charge is -2.18. The number of hydrogen-bond acceptors (Lipinski definition) is 3. The van der Waals surface area contributed by atoms with E-state index in [-0.39, 0.29) is 19.4 Å². The van der Waals surface area contributed by atoms with Gasteiger partial charge in [-0.15, -0.1) is 0 Å². The van der Waals surface area contributed by atoms with E-state index in [0.29, 0.717) is 5.56 Å². The Balaban J connectivity index is 2.85. The van der Waals surface area contributed by atoms with E-state index in [9.17, 15) is 18.5 Å². The molecule has 0 aliphatic rings. The van der Waals surface area contributed by atoms with E-state index in [1.165, 1.54) is 12.1 Å². The van der Waals surface area contributed by atoms with E-state index in [0.717, 1.165) is 12.1 Å². The molecule has 108 valence electrons. The van der Waals surface area contributed by atoms with Crippen LogP contribution in [0.2, 0.25) is 0 Å². The van der Waals surface area contributed by atoms with Gasteiger partial charge in [0.15, 0.2) is 0 Å². The Morgan fingerprint density at radius 3 is 2.16 bits per heavy atom. The van der Waals surface area contributed by atoms with Crippen molar-refractivity contribution in [2.45, 2.75) is 24.6 Å². The maximum atomic E-state index is 13.3. The third-order valence-electron chi connectivity index (χ3n) is 2.60. The number of hydrogen-bond donors (Lipinski definition) is 4. The number of rotatable bonds is 6. The molecule has 0 spiro atoms. The minimum Gasteiger partial charge on any atom is -0.396 e. The molecule has 5 nitrogen and oxygen atoms in total. The van der Waals surface area contributed by atoms with Gasteiger partial charge in [0.1, 0.15) is 0 Å². The lowest BCUT2D eigenvalue weighted by atomic mass is 10.0. The van der Waals surface area contributed by atoms with Crippen molar-refractivity contribution in [2.75, 3.05) is 6.61 Å². The zero-order chi connectivity index (χ0) is 14.7. The average molecular weight is 296 g/mol. The summed E-state index contributed by atoms with van der Waals surface area (Å²) in [4.78, 5) is 17.2. The molecule has 0 aliphatic carbocycles. The van der Waals surface area contributed by atoms with Crippen LogP contribution in [-0.2, 0) is 16.6 Å². The summed E-state index contributed by atoms with van der Waals surface area (Å²) < 4.78 is 37.3. The van der Waals surface area contributed by atoms with Gasteiger partial charge in [0, 0.05) is 12.2 Å². The molecule has 4 N–H and O–H groups in total. The molecule has 0 heterocycles. The Labute approximate surface area is 108 Å². The highest BCUT2D eigenvalue weighted by atomic mass is 31.2. The molecule has 1 unspecified atom stereocenters. The van der Waals surface area contributed by atoms with Crippen LogP contribution in [-0.4, -0.2) is 32.7 Å². The Morgan fingerprint density at radius 2 is 1.74 bits per heavy atom. The van der Waals surface area contributed by atoms with Crippen LogP contribution in [0.5, 0.6) is 0 Å². The van der Waals surface area contributed by atoms with Gasteiger partial charge in [0.25, 0.3) is 0 Å². The molecular formula is C11H15F2O5P. The molecule has 19 heavy (non-hydrogen) atoms. The molecule has 0 saturated heterocycles. The predicted octanol–water partition coefficient (Wildman–Crippen LogP) is 1.20. The van der Waals surface area contributed by atoms with Crippen molar-refractivity contribution < 1.29 is 33.3 Å². The van der Waals surface area contributed by atoms with Gasteiger partial charge in [-0.2, -0.15) is 8.78 Å². The quantitative estimate of drug-likeness (QED) is 0.591. The van der Waals surface area contributed by atoms with Crippen LogP contribution in [0.4, 0.5) is 8.78 Å². The number of halogens is 2. The van der Waals surface area contributed by atoms with E-state index < -0.39 is 24.9 Å². The summed E-state index contributed by atoms with van der Waals surface area (Å²) in [6.45, 7) is -0.185. The average Bonchev–Trinajstić information content (AvgIpc) is 2.28. The van der Waals surface area contributed by atoms with Gasteiger partial charge in [-0.3, -0.25) is 4.57 Å². The largest absolute Gasteiger partial charge is 0.399 e. The lowest BCUT2D eigenvalue weighted by Crippen LogP contribution is -2.15. The molecule has 0 aliphatic heterocycles. The second-order valence-electron chi connectivity index (χ2n) is 4.15. The Morgan fingerprint density at radius 1 is 1.21 bits per heavy atom. The fourth-order valence-corrected chi connectivity index (χ4v) is 2.02. The predicted molar refractivity (Wildman–Crippen MR) is 63.8 cm³/mol. The minimum atomic E-state index is -5.56. The van der Waals surface area contributed by atoms with E-state index in [1.807, 2.05) is 0 Å². The first kappa shape index (κ1) is 16.2. The highest BCUT2D eigenvalue weighted by molar-refractivity contribution is 7.52. The fourth-order valence-electron chi connectivity index (χ4n) is 1.53. The van der Waals surface area contributed by atoms with E-state index in [1.54, 1.807) is 0 Å². The molecule has 0 amide bonds. The smallest absolute Gasteiger partial charge is 0.396 e. The van der Waals surface area contributed by atoms with Crippen LogP contribution in [0.25, 0.3) is 0 Å². The number of aliphatic hydroxyl groups excluding tert-OH is 2. The van der Waals surface area contributed by atoms with Gasteiger partial charge < -0.3 is 20.0 Å². The highest BCUT2D eigenvalue weighted by Gasteiger charge is 2.50. The number of aliphatic hydroxyl groups is 2. The molecule has 1 aromatic carbocycles. The standard InChI is InChI=1S/C11H15F2O5P/c12-11(13,19(16,17)18)9-3-1-8(2-4-9)7-10(15)5-6-14/h1-4,10,14-15H,5-7H2,(H2,16,17,18). The highest BCUT2D eigenvalue weighted by Crippen LogP contribution is 2.59. The molecule has 0 saturated carbocycles. The fraction of sp³-hybridized carbons (Fsp3) is 0.455. The van der Waals surface area contributed by atoms with Gasteiger partial charge in [0.2, 0.25) is 0 Å². The van der Waals surface area contributed by atoms with Gasteiger partial charge in [-0.25, -0.2) is 0 Å². The molecular weight excluding hydrogens is 281 g/mol. The first-order valence-corrected chi connectivity index (χ1v) is 7.11. The molecule has 1 atom stereocenters. The van der Waals surface area contributed by atoms with Crippen molar-refractivity contribution in [3.63, 3.8) is 0 Å². The van der Waals surface area contributed by atoms with Gasteiger partial charge in [-0.1, -0.05) is 24.3 Å². The third-order valence-corrected chi connectivity index (χ3v) is 3.59. The van der Waals surface area contributed by atoms with Crippen molar-refractivity contribution in [3.05, 3.63) is 35.4 Å². The van der Waals surface area contributed by atoms with Crippen LogP contribution >= 0.6 is 7.60 Å². The first-order chi connectivity index (χ1) is 8.68. The summed E-state index contributed by atoms with van der Waals surface area (Å²) >= 11 is 0. The van der Waals surface area contributed by atoms with Crippen LogP contribution in [0.15, 0.2) is 24.3 Å². The Bertz CT molecular complexity index is 457. The topological polar surface area (TPSA) is 98.0 Å². The summed E-state index contributed by atoms with van der Waals surface area (Å²) in [6.07, 6.45) is -0.457. The summed E-state index contributed by atoms with van der Waals surface area (Å²) in [5, 5.41) is 18.0. The molecule has 1 rings (SSSR count). The van der Waals surface area contributed by atoms with Crippen molar-refractivity contribution in [3.8, 4) is 0 Å².